The van der Waals surface area contributed by atoms with Crippen LogP contribution in [0.5, 0.6) is 11.5 Å². The Morgan fingerprint density at radius 1 is 0.976 bits per heavy atom. The highest BCUT2D eigenvalue weighted by Crippen LogP contribution is 2.31. The molecule has 9 nitrogen and oxygen atoms in total. The lowest BCUT2D eigenvalue weighted by atomic mass is 10.1. The van der Waals surface area contributed by atoms with Gasteiger partial charge < -0.3 is 25.0 Å². The Hall–Kier alpha value is -5.09. The van der Waals surface area contributed by atoms with E-state index in [0.29, 0.717) is 36.1 Å². The number of hydrogen-bond acceptors (Lipinski definition) is 8. The van der Waals surface area contributed by atoms with Crippen LogP contribution in [0.3, 0.4) is 0 Å². The highest BCUT2D eigenvalue weighted by Gasteiger charge is 2.15. The van der Waals surface area contributed by atoms with Crippen molar-refractivity contribution >= 4 is 39.8 Å². The third-order valence-electron chi connectivity index (χ3n) is 6.73. The van der Waals surface area contributed by atoms with E-state index in [0.717, 1.165) is 41.1 Å². The maximum atomic E-state index is 14.0. The van der Waals surface area contributed by atoms with Crippen LogP contribution in [0.15, 0.2) is 85.3 Å². The second-order valence-electron chi connectivity index (χ2n) is 9.55. The molecule has 1 saturated heterocycles. The first-order valence-corrected chi connectivity index (χ1v) is 13.2. The summed E-state index contributed by atoms with van der Waals surface area (Å²) in [6.45, 7) is 4.86. The molecule has 0 atom stereocenters. The molecule has 5 aromatic rings. The van der Waals surface area contributed by atoms with Gasteiger partial charge in [0.05, 0.1) is 30.6 Å². The maximum Gasteiger partial charge on any atom is 0.255 e. The number of pyridine rings is 1. The fraction of sp³-hybridized carbons (Fsp3) is 0.161. The zero-order chi connectivity index (χ0) is 28.2. The van der Waals surface area contributed by atoms with Gasteiger partial charge in [-0.05, 0) is 67.1 Å². The third-order valence-corrected chi connectivity index (χ3v) is 6.73. The maximum absolute atomic E-state index is 14.0. The van der Waals surface area contributed by atoms with Crippen LogP contribution in [0.25, 0.3) is 10.9 Å². The molecule has 1 aliphatic heterocycles. The van der Waals surface area contributed by atoms with Crippen molar-refractivity contribution in [2.75, 3.05) is 41.8 Å². The molecule has 1 amide bonds. The van der Waals surface area contributed by atoms with Gasteiger partial charge in [0.1, 0.15) is 35.3 Å². The van der Waals surface area contributed by atoms with Crippen molar-refractivity contribution in [3.05, 3.63) is 102 Å². The van der Waals surface area contributed by atoms with Crippen molar-refractivity contribution in [1.29, 1.82) is 0 Å². The topological polar surface area (TPSA) is 102 Å². The van der Waals surface area contributed by atoms with Crippen molar-refractivity contribution in [3.8, 4) is 11.5 Å². The van der Waals surface area contributed by atoms with E-state index >= 15 is 0 Å². The van der Waals surface area contributed by atoms with Gasteiger partial charge in [0.2, 0.25) is 0 Å². The molecular formula is C31H27FN6O3. The first-order valence-electron chi connectivity index (χ1n) is 13.2. The number of amides is 1. The molecule has 2 aromatic heterocycles. The van der Waals surface area contributed by atoms with Gasteiger partial charge in [0.25, 0.3) is 5.91 Å². The molecule has 1 aliphatic rings. The van der Waals surface area contributed by atoms with Crippen molar-refractivity contribution in [2.45, 2.75) is 6.92 Å². The standard InChI is InChI=1S/C31H27FN6O3/c1-20-15-22(36-30-24-17-29(38-11-13-40-14-12-38)33-18-27(24)34-19-35-30)9-10-28(20)41-23-6-4-5-21(16-23)31(39)37-26-8-3-2-7-25(26)32/h2-10,15-19H,11-14H2,1H3,(H,37,39)(H,34,35,36). The van der Waals surface area contributed by atoms with Crippen LogP contribution in [-0.2, 0) is 4.74 Å². The number of hydrogen-bond donors (Lipinski definition) is 2. The van der Waals surface area contributed by atoms with E-state index in [1.807, 2.05) is 31.2 Å². The molecular weight excluding hydrogens is 523 g/mol. The zero-order valence-corrected chi connectivity index (χ0v) is 22.3. The van der Waals surface area contributed by atoms with Gasteiger partial charge in [0.15, 0.2) is 0 Å². The van der Waals surface area contributed by atoms with Gasteiger partial charge in [-0.15, -0.1) is 0 Å². The quantitative estimate of drug-likeness (QED) is 0.251. The lowest BCUT2D eigenvalue weighted by Crippen LogP contribution is -2.36. The number of nitrogens with one attached hydrogen (secondary N) is 2. The smallest absolute Gasteiger partial charge is 0.255 e. The Kier molecular flexibility index (Phi) is 7.38. The first kappa shape index (κ1) is 26.1. The number of ether oxygens (including phenoxy) is 2. The molecule has 41 heavy (non-hydrogen) atoms. The minimum atomic E-state index is -0.498. The number of anilines is 4. The number of fused-ring (bicyclic) bond motifs is 1. The average Bonchev–Trinajstić information content (AvgIpc) is 3.00. The summed E-state index contributed by atoms with van der Waals surface area (Å²) in [6, 6.07) is 20.5. The molecule has 10 heteroatoms. The molecule has 6 rings (SSSR count). The molecule has 206 valence electrons. The molecule has 0 aliphatic carbocycles. The van der Waals surface area contributed by atoms with Crippen LogP contribution in [-0.4, -0.2) is 47.2 Å². The van der Waals surface area contributed by atoms with Crippen molar-refractivity contribution < 1.29 is 18.7 Å². The lowest BCUT2D eigenvalue weighted by Gasteiger charge is -2.27. The summed E-state index contributed by atoms with van der Waals surface area (Å²) in [5.41, 5.74) is 2.93. The molecule has 0 bridgehead atoms. The van der Waals surface area contributed by atoms with E-state index in [9.17, 15) is 9.18 Å². The number of para-hydroxylation sites is 1. The van der Waals surface area contributed by atoms with Gasteiger partial charge in [-0.2, -0.15) is 0 Å². The lowest BCUT2D eigenvalue weighted by molar-refractivity contribution is 0.102. The van der Waals surface area contributed by atoms with Crippen molar-refractivity contribution in [3.63, 3.8) is 0 Å². The monoisotopic (exact) mass is 550 g/mol. The molecule has 0 spiro atoms. The normalized spacial score (nSPS) is 13.2. The minimum Gasteiger partial charge on any atom is -0.457 e. The summed E-state index contributed by atoms with van der Waals surface area (Å²) >= 11 is 0. The van der Waals surface area contributed by atoms with Gasteiger partial charge in [-0.1, -0.05) is 18.2 Å². The summed E-state index contributed by atoms with van der Waals surface area (Å²) in [7, 11) is 0. The van der Waals surface area contributed by atoms with Crippen molar-refractivity contribution in [2.24, 2.45) is 0 Å². The molecule has 0 unspecified atom stereocenters. The third kappa shape index (κ3) is 5.92. The number of aromatic nitrogens is 3. The van der Waals surface area contributed by atoms with E-state index in [1.54, 1.807) is 42.6 Å². The SMILES string of the molecule is Cc1cc(Nc2ncnc3cnc(N4CCOCC4)cc23)ccc1Oc1cccc(C(=O)Nc2ccccc2F)c1. The first-order chi connectivity index (χ1) is 20.0. The van der Waals surface area contributed by atoms with E-state index in [1.165, 1.54) is 18.5 Å². The number of carbonyl (C=O) groups excluding carboxylic acids is 1. The average molecular weight is 551 g/mol. The fourth-order valence-electron chi connectivity index (χ4n) is 4.58. The van der Waals surface area contributed by atoms with Crippen LogP contribution < -0.4 is 20.3 Å². The molecule has 3 aromatic carbocycles. The highest BCUT2D eigenvalue weighted by molar-refractivity contribution is 6.04. The minimum absolute atomic E-state index is 0.118. The van der Waals surface area contributed by atoms with Crippen molar-refractivity contribution in [1.82, 2.24) is 15.0 Å². The number of carbonyl (C=O) groups is 1. The van der Waals surface area contributed by atoms with Gasteiger partial charge in [-0.25, -0.2) is 19.3 Å². The summed E-state index contributed by atoms with van der Waals surface area (Å²) in [5, 5.41) is 6.86. The predicted octanol–water partition coefficient (Wildman–Crippen LogP) is 6.10. The van der Waals surface area contributed by atoms with Crippen LogP contribution in [0.2, 0.25) is 0 Å². The zero-order valence-electron chi connectivity index (χ0n) is 22.3. The Balaban J connectivity index is 1.18. The van der Waals surface area contributed by atoms with Gasteiger partial charge in [0, 0.05) is 29.7 Å². The number of halogens is 1. The molecule has 2 N–H and O–H groups in total. The van der Waals surface area contributed by atoms with Crippen LogP contribution >= 0.6 is 0 Å². The van der Waals surface area contributed by atoms with E-state index in [-0.39, 0.29) is 5.69 Å². The second kappa shape index (κ2) is 11.6. The van der Waals surface area contributed by atoms with E-state index in [2.05, 4.69) is 30.5 Å². The Morgan fingerprint density at radius 2 is 1.83 bits per heavy atom. The number of aryl methyl sites for hydroxylation is 1. The van der Waals surface area contributed by atoms with Crippen LogP contribution in [0, 0.1) is 12.7 Å². The molecule has 0 radical (unpaired) electrons. The van der Waals surface area contributed by atoms with E-state index in [4.69, 9.17) is 9.47 Å². The fourth-order valence-corrected chi connectivity index (χ4v) is 4.58. The molecule has 1 fully saturated rings. The van der Waals surface area contributed by atoms with Crippen LogP contribution in [0.1, 0.15) is 15.9 Å². The Bertz CT molecular complexity index is 1720. The van der Waals surface area contributed by atoms with Gasteiger partial charge in [-0.3, -0.25) is 4.79 Å². The highest BCUT2D eigenvalue weighted by atomic mass is 19.1. The molecule has 3 heterocycles. The number of morpholine rings is 1. The van der Waals surface area contributed by atoms with E-state index < -0.39 is 11.7 Å². The second-order valence-corrected chi connectivity index (χ2v) is 9.55. The van der Waals surface area contributed by atoms with Crippen LogP contribution in [0.4, 0.5) is 27.4 Å². The number of rotatable bonds is 7. The Morgan fingerprint density at radius 3 is 2.66 bits per heavy atom. The van der Waals surface area contributed by atoms with Gasteiger partial charge >= 0.3 is 0 Å². The molecule has 0 saturated carbocycles. The predicted molar refractivity (Wildman–Crippen MR) is 156 cm³/mol. The number of nitrogens with zero attached hydrogens (tertiary/aromatic N) is 4. The summed E-state index contributed by atoms with van der Waals surface area (Å²) in [6.07, 6.45) is 3.28. The largest absolute Gasteiger partial charge is 0.457 e. The summed E-state index contributed by atoms with van der Waals surface area (Å²) in [5.74, 6) is 1.73. The Labute approximate surface area is 236 Å². The summed E-state index contributed by atoms with van der Waals surface area (Å²) in [4.78, 5) is 28.3. The summed E-state index contributed by atoms with van der Waals surface area (Å²) < 4.78 is 25.5. The number of benzene rings is 3.